The van der Waals surface area contributed by atoms with Crippen molar-refractivity contribution in [2.24, 2.45) is 0 Å². The zero-order valence-corrected chi connectivity index (χ0v) is 10.2. The molecular formula is C14H13NO4. The SMILES string of the molecule is O=[N+]([O-])c1ccc(CCOc2ccccc2O)cc1. The standard InChI is InChI=1S/C14H13NO4/c16-13-3-1-2-4-14(13)19-10-9-11-5-7-12(8-6-11)15(17)18/h1-8,16H,9-10H2. The Kier molecular flexibility index (Phi) is 3.97. The lowest BCUT2D eigenvalue weighted by atomic mass is 10.1. The van der Waals surface area contributed by atoms with Gasteiger partial charge in [-0.05, 0) is 17.7 Å². The van der Waals surface area contributed by atoms with Crippen molar-refractivity contribution >= 4 is 5.69 Å². The summed E-state index contributed by atoms with van der Waals surface area (Å²) in [5.41, 5.74) is 1.02. The van der Waals surface area contributed by atoms with Crippen LogP contribution in [0.3, 0.4) is 0 Å². The molecular weight excluding hydrogens is 246 g/mol. The summed E-state index contributed by atoms with van der Waals surface area (Å²) in [7, 11) is 0. The van der Waals surface area contributed by atoms with Gasteiger partial charge in [0.25, 0.3) is 5.69 Å². The fraction of sp³-hybridized carbons (Fsp3) is 0.143. The Balaban J connectivity index is 1.89. The van der Waals surface area contributed by atoms with Crippen LogP contribution in [0.25, 0.3) is 0 Å². The molecule has 0 atom stereocenters. The quantitative estimate of drug-likeness (QED) is 0.661. The minimum Gasteiger partial charge on any atom is -0.504 e. The predicted octanol–water partition coefficient (Wildman–Crippen LogP) is 2.92. The number of benzene rings is 2. The highest BCUT2D eigenvalue weighted by molar-refractivity contribution is 5.38. The van der Waals surface area contributed by atoms with Crippen molar-refractivity contribution in [1.82, 2.24) is 0 Å². The number of phenols is 1. The number of hydrogen-bond donors (Lipinski definition) is 1. The molecule has 0 saturated heterocycles. The average Bonchev–Trinajstić information content (AvgIpc) is 2.41. The van der Waals surface area contributed by atoms with Gasteiger partial charge < -0.3 is 9.84 Å². The Labute approximate surface area is 110 Å². The van der Waals surface area contributed by atoms with E-state index in [-0.39, 0.29) is 11.4 Å². The van der Waals surface area contributed by atoms with Crippen LogP contribution in [0.15, 0.2) is 48.5 Å². The number of rotatable bonds is 5. The number of non-ortho nitro benzene ring substituents is 1. The lowest BCUT2D eigenvalue weighted by Crippen LogP contribution is -2.01. The maximum absolute atomic E-state index is 10.5. The van der Waals surface area contributed by atoms with Gasteiger partial charge in [-0.1, -0.05) is 24.3 Å². The lowest BCUT2D eigenvalue weighted by Gasteiger charge is -2.07. The molecule has 0 bridgehead atoms. The van der Waals surface area contributed by atoms with Crippen LogP contribution in [-0.4, -0.2) is 16.6 Å². The third-order valence-electron chi connectivity index (χ3n) is 2.66. The Hall–Kier alpha value is -2.56. The number of para-hydroxylation sites is 2. The van der Waals surface area contributed by atoms with E-state index in [9.17, 15) is 15.2 Å². The first-order valence-corrected chi connectivity index (χ1v) is 5.81. The average molecular weight is 259 g/mol. The monoisotopic (exact) mass is 259 g/mol. The normalized spacial score (nSPS) is 10.1. The van der Waals surface area contributed by atoms with Gasteiger partial charge in [-0.25, -0.2) is 0 Å². The second-order valence-corrected chi connectivity index (χ2v) is 3.99. The zero-order valence-electron chi connectivity index (χ0n) is 10.2. The number of ether oxygens (including phenoxy) is 1. The fourth-order valence-corrected chi connectivity index (χ4v) is 1.64. The molecule has 0 fully saturated rings. The molecule has 5 nitrogen and oxygen atoms in total. The van der Waals surface area contributed by atoms with Crippen LogP contribution in [0.5, 0.6) is 11.5 Å². The van der Waals surface area contributed by atoms with E-state index < -0.39 is 4.92 Å². The van der Waals surface area contributed by atoms with E-state index in [1.165, 1.54) is 12.1 Å². The smallest absolute Gasteiger partial charge is 0.269 e. The molecule has 2 aromatic carbocycles. The first-order valence-electron chi connectivity index (χ1n) is 5.81. The molecule has 5 heteroatoms. The van der Waals surface area contributed by atoms with Gasteiger partial charge in [0, 0.05) is 18.6 Å². The Bertz CT molecular complexity index is 566. The third-order valence-corrected chi connectivity index (χ3v) is 2.66. The highest BCUT2D eigenvalue weighted by atomic mass is 16.6. The van der Waals surface area contributed by atoms with Crippen molar-refractivity contribution in [1.29, 1.82) is 0 Å². The largest absolute Gasteiger partial charge is 0.504 e. The summed E-state index contributed by atoms with van der Waals surface area (Å²) in [6.45, 7) is 0.398. The van der Waals surface area contributed by atoms with Crippen LogP contribution in [0.1, 0.15) is 5.56 Å². The molecule has 2 rings (SSSR count). The summed E-state index contributed by atoms with van der Waals surface area (Å²) in [5, 5.41) is 20.0. The molecule has 0 radical (unpaired) electrons. The van der Waals surface area contributed by atoms with Crippen LogP contribution in [0.4, 0.5) is 5.69 Å². The Morgan fingerprint density at radius 3 is 2.42 bits per heavy atom. The molecule has 0 amide bonds. The number of nitrogens with zero attached hydrogens (tertiary/aromatic N) is 1. The second kappa shape index (κ2) is 5.86. The van der Waals surface area contributed by atoms with E-state index in [1.54, 1.807) is 36.4 Å². The number of phenolic OH excluding ortho intramolecular Hbond substituents is 1. The molecule has 0 saturated carbocycles. The fourth-order valence-electron chi connectivity index (χ4n) is 1.64. The molecule has 0 aliphatic heterocycles. The van der Waals surface area contributed by atoms with Crippen LogP contribution in [0.2, 0.25) is 0 Å². The molecule has 0 unspecified atom stereocenters. The van der Waals surface area contributed by atoms with Crippen LogP contribution < -0.4 is 4.74 Å². The molecule has 98 valence electrons. The minimum absolute atomic E-state index is 0.0744. The summed E-state index contributed by atoms with van der Waals surface area (Å²) < 4.78 is 5.43. The summed E-state index contributed by atoms with van der Waals surface area (Å²) in [4.78, 5) is 10.1. The summed E-state index contributed by atoms with van der Waals surface area (Å²) in [6.07, 6.45) is 0.617. The molecule has 0 heterocycles. The molecule has 0 aromatic heterocycles. The van der Waals surface area contributed by atoms with Crippen LogP contribution in [0, 0.1) is 10.1 Å². The van der Waals surface area contributed by atoms with E-state index in [0.717, 1.165) is 5.56 Å². The van der Waals surface area contributed by atoms with Crippen molar-refractivity contribution in [3.8, 4) is 11.5 Å². The molecule has 0 aliphatic carbocycles. The van der Waals surface area contributed by atoms with Crippen molar-refractivity contribution in [2.45, 2.75) is 6.42 Å². The van der Waals surface area contributed by atoms with Gasteiger partial charge in [0.05, 0.1) is 11.5 Å². The summed E-state index contributed by atoms with van der Waals surface area (Å²) in [6, 6.07) is 13.1. The number of nitro groups is 1. The van der Waals surface area contributed by atoms with Gasteiger partial charge in [-0.3, -0.25) is 10.1 Å². The maximum atomic E-state index is 10.5. The van der Waals surface area contributed by atoms with Crippen molar-refractivity contribution < 1.29 is 14.8 Å². The second-order valence-electron chi connectivity index (χ2n) is 3.99. The van der Waals surface area contributed by atoms with Gasteiger partial charge in [0.2, 0.25) is 0 Å². The van der Waals surface area contributed by atoms with E-state index in [2.05, 4.69) is 0 Å². The Morgan fingerprint density at radius 1 is 1.11 bits per heavy atom. The molecule has 2 aromatic rings. The van der Waals surface area contributed by atoms with E-state index in [4.69, 9.17) is 4.74 Å². The predicted molar refractivity (Wildman–Crippen MR) is 70.4 cm³/mol. The van der Waals surface area contributed by atoms with Gasteiger partial charge in [0.15, 0.2) is 11.5 Å². The lowest BCUT2D eigenvalue weighted by molar-refractivity contribution is -0.384. The van der Waals surface area contributed by atoms with Crippen LogP contribution in [-0.2, 0) is 6.42 Å². The molecule has 19 heavy (non-hydrogen) atoms. The van der Waals surface area contributed by atoms with Crippen LogP contribution >= 0.6 is 0 Å². The van der Waals surface area contributed by atoms with E-state index in [1.807, 2.05) is 0 Å². The van der Waals surface area contributed by atoms with Crippen molar-refractivity contribution in [3.05, 3.63) is 64.2 Å². The first-order chi connectivity index (χ1) is 9.16. The molecule has 0 aliphatic rings. The van der Waals surface area contributed by atoms with E-state index >= 15 is 0 Å². The Morgan fingerprint density at radius 2 is 1.79 bits per heavy atom. The number of hydrogen-bond acceptors (Lipinski definition) is 4. The topological polar surface area (TPSA) is 72.6 Å². The van der Waals surface area contributed by atoms with Gasteiger partial charge >= 0.3 is 0 Å². The summed E-state index contributed by atoms with van der Waals surface area (Å²) in [5.74, 6) is 0.538. The van der Waals surface area contributed by atoms with Crippen molar-refractivity contribution in [3.63, 3.8) is 0 Å². The summed E-state index contributed by atoms with van der Waals surface area (Å²) >= 11 is 0. The highest BCUT2D eigenvalue weighted by Crippen LogP contribution is 2.24. The number of aromatic hydroxyl groups is 1. The molecule has 1 N–H and O–H groups in total. The maximum Gasteiger partial charge on any atom is 0.269 e. The third kappa shape index (κ3) is 3.45. The minimum atomic E-state index is -0.428. The van der Waals surface area contributed by atoms with Crippen molar-refractivity contribution in [2.75, 3.05) is 6.61 Å². The zero-order chi connectivity index (χ0) is 13.7. The molecule has 0 spiro atoms. The van der Waals surface area contributed by atoms with Gasteiger partial charge in [-0.2, -0.15) is 0 Å². The highest BCUT2D eigenvalue weighted by Gasteiger charge is 2.04. The van der Waals surface area contributed by atoms with Gasteiger partial charge in [-0.15, -0.1) is 0 Å². The first kappa shape index (κ1) is 12.9. The van der Waals surface area contributed by atoms with E-state index in [0.29, 0.717) is 18.8 Å². The number of nitro benzene ring substituents is 1. The van der Waals surface area contributed by atoms with Gasteiger partial charge in [0.1, 0.15) is 0 Å².